The average molecular weight is 217 g/mol. The van der Waals surface area contributed by atoms with E-state index < -0.39 is 0 Å². The Morgan fingerprint density at radius 2 is 2.00 bits per heavy atom. The van der Waals surface area contributed by atoms with E-state index in [0.29, 0.717) is 16.9 Å². The van der Waals surface area contributed by atoms with Gasteiger partial charge in [-0.25, -0.2) is 0 Å². The fraction of sp³-hybridized carbons (Fsp3) is 0. The Kier molecular flexibility index (Phi) is 3.34. The van der Waals surface area contributed by atoms with Gasteiger partial charge < -0.3 is 5.11 Å². The Balaban J connectivity index is 3.19. The third-order valence-corrected chi connectivity index (χ3v) is 1.92. The molecule has 1 aromatic rings. The Hall–Kier alpha value is -0.990. The number of allylic oxidation sites excluding steroid dienone is 1. The maximum atomic E-state index is 10.0. The van der Waals surface area contributed by atoms with Crippen LogP contribution in [0, 0.1) is 0 Å². The van der Waals surface area contributed by atoms with E-state index in [4.69, 9.17) is 23.2 Å². The maximum Gasteiger partial charge on any atom is 0.142 e. The summed E-state index contributed by atoms with van der Waals surface area (Å²) in [5.41, 5.74) is 0.421. The molecule has 0 amide bonds. The highest BCUT2D eigenvalue weighted by molar-refractivity contribution is 6.35. The van der Waals surface area contributed by atoms with Crippen molar-refractivity contribution in [3.8, 4) is 5.75 Å². The Bertz CT molecular complexity index is 359. The summed E-state index contributed by atoms with van der Waals surface area (Å²) < 4.78 is 0. The lowest BCUT2D eigenvalue weighted by atomic mass is 10.2. The molecular formula is C9H6Cl2O2. The van der Waals surface area contributed by atoms with Crippen molar-refractivity contribution >= 4 is 35.6 Å². The fourth-order valence-electron chi connectivity index (χ4n) is 0.856. The first kappa shape index (κ1) is 10.1. The van der Waals surface area contributed by atoms with E-state index in [-0.39, 0.29) is 10.8 Å². The van der Waals surface area contributed by atoms with Crippen molar-refractivity contribution in [1.82, 2.24) is 0 Å². The van der Waals surface area contributed by atoms with Crippen LogP contribution in [0.4, 0.5) is 0 Å². The Morgan fingerprint density at radius 1 is 1.31 bits per heavy atom. The SMILES string of the molecule is O=C/C=C/c1cc(Cl)cc(Cl)c1O. The predicted octanol–water partition coefficient (Wildman–Crippen LogP) is 2.91. The number of phenolic OH excluding ortho intramolecular Hbond substituents is 1. The molecule has 0 atom stereocenters. The highest BCUT2D eigenvalue weighted by Gasteiger charge is 2.04. The van der Waals surface area contributed by atoms with Gasteiger partial charge in [-0.15, -0.1) is 0 Å². The first-order valence-corrected chi connectivity index (χ1v) is 4.20. The lowest BCUT2D eigenvalue weighted by molar-refractivity contribution is -0.104. The van der Waals surface area contributed by atoms with E-state index in [1.54, 1.807) is 0 Å². The van der Waals surface area contributed by atoms with Gasteiger partial charge in [0.25, 0.3) is 0 Å². The van der Waals surface area contributed by atoms with Crippen molar-refractivity contribution in [2.24, 2.45) is 0 Å². The zero-order valence-corrected chi connectivity index (χ0v) is 8.01. The van der Waals surface area contributed by atoms with Gasteiger partial charge in [-0.05, 0) is 24.3 Å². The van der Waals surface area contributed by atoms with Crippen molar-refractivity contribution in [3.63, 3.8) is 0 Å². The Morgan fingerprint density at radius 3 is 2.62 bits per heavy atom. The topological polar surface area (TPSA) is 37.3 Å². The van der Waals surface area contributed by atoms with Gasteiger partial charge in [-0.2, -0.15) is 0 Å². The molecule has 0 bridgehead atoms. The van der Waals surface area contributed by atoms with Crippen molar-refractivity contribution in [2.75, 3.05) is 0 Å². The summed E-state index contributed by atoms with van der Waals surface area (Å²) in [6.07, 6.45) is 3.29. The van der Waals surface area contributed by atoms with Gasteiger partial charge in [0.05, 0.1) is 5.02 Å². The van der Waals surface area contributed by atoms with Crippen molar-refractivity contribution < 1.29 is 9.90 Å². The van der Waals surface area contributed by atoms with Crippen LogP contribution in [0.5, 0.6) is 5.75 Å². The number of hydrogen-bond donors (Lipinski definition) is 1. The number of halogens is 2. The zero-order chi connectivity index (χ0) is 9.84. The molecule has 0 radical (unpaired) electrons. The van der Waals surface area contributed by atoms with E-state index in [9.17, 15) is 9.90 Å². The number of carbonyl (C=O) groups excluding carboxylic acids is 1. The highest BCUT2D eigenvalue weighted by Crippen LogP contribution is 2.31. The van der Waals surface area contributed by atoms with Crippen molar-refractivity contribution in [2.45, 2.75) is 0 Å². The summed E-state index contributed by atoms with van der Waals surface area (Å²) in [5.74, 6) is -0.0795. The summed E-state index contributed by atoms with van der Waals surface area (Å²) >= 11 is 11.3. The van der Waals surface area contributed by atoms with Gasteiger partial charge in [0, 0.05) is 10.6 Å². The second kappa shape index (κ2) is 4.30. The molecule has 0 saturated heterocycles. The van der Waals surface area contributed by atoms with Gasteiger partial charge in [-0.3, -0.25) is 4.79 Å². The summed E-state index contributed by atoms with van der Waals surface area (Å²) in [6, 6.07) is 2.94. The second-order valence-electron chi connectivity index (χ2n) is 2.32. The zero-order valence-electron chi connectivity index (χ0n) is 6.50. The van der Waals surface area contributed by atoms with Gasteiger partial charge in [-0.1, -0.05) is 23.2 Å². The molecule has 0 aliphatic rings. The molecule has 13 heavy (non-hydrogen) atoms. The fourth-order valence-corrected chi connectivity index (χ4v) is 1.37. The second-order valence-corrected chi connectivity index (χ2v) is 3.16. The minimum absolute atomic E-state index is 0.0795. The van der Waals surface area contributed by atoms with E-state index in [0.717, 1.165) is 0 Å². The highest BCUT2D eigenvalue weighted by atomic mass is 35.5. The van der Waals surface area contributed by atoms with E-state index in [2.05, 4.69) is 0 Å². The third-order valence-electron chi connectivity index (χ3n) is 1.41. The molecule has 0 aliphatic heterocycles. The molecule has 1 N–H and O–H groups in total. The van der Waals surface area contributed by atoms with Gasteiger partial charge in [0.2, 0.25) is 0 Å². The lowest BCUT2D eigenvalue weighted by Gasteiger charge is -2.01. The van der Waals surface area contributed by atoms with E-state index in [1.807, 2.05) is 0 Å². The predicted molar refractivity (Wildman–Crippen MR) is 53.2 cm³/mol. The lowest BCUT2D eigenvalue weighted by Crippen LogP contribution is -1.77. The minimum Gasteiger partial charge on any atom is -0.506 e. The first-order valence-electron chi connectivity index (χ1n) is 3.45. The quantitative estimate of drug-likeness (QED) is 0.610. The molecule has 0 aliphatic carbocycles. The molecular weight excluding hydrogens is 211 g/mol. The van der Waals surface area contributed by atoms with Crippen LogP contribution in [0.1, 0.15) is 5.56 Å². The number of phenols is 1. The molecule has 0 fully saturated rings. The first-order chi connectivity index (χ1) is 6.15. The minimum atomic E-state index is -0.0795. The van der Waals surface area contributed by atoms with Gasteiger partial charge in [0.15, 0.2) is 0 Å². The van der Waals surface area contributed by atoms with E-state index >= 15 is 0 Å². The molecule has 4 heteroatoms. The number of aldehydes is 1. The van der Waals surface area contributed by atoms with Crippen LogP contribution < -0.4 is 0 Å². The summed E-state index contributed by atoms with van der Waals surface area (Å²) in [4.78, 5) is 10.0. The largest absolute Gasteiger partial charge is 0.506 e. The van der Waals surface area contributed by atoms with Gasteiger partial charge in [0.1, 0.15) is 12.0 Å². The van der Waals surface area contributed by atoms with Crippen LogP contribution >= 0.6 is 23.2 Å². The molecule has 68 valence electrons. The number of hydrogen-bond acceptors (Lipinski definition) is 2. The van der Waals surface area contributed by atoms with Gasteiger partial charge >= 0.3 is 0 Å². The summed E-state index contributed by atoms with van der Waals surface area (Å²) in [7, 11) is 0. The average Bonchev–Trinajstić information content (AvgIpc) is 2.09. The van der Waals surface area contributed by atoms with Crippen molar-refractivity contribution in [3.05, 3.63) is 33.8 Å². The van der Waals surface area contributed by atoms with Crippen molar-refractivity contribution in [1.29, 1.82) is 0 Å². The summed E-state index contributed by atoms with van der Waals surface area (Å²) in [6.45, 7) is 0. The number of rotatable bonds is 2. The molecule has 0 saturated carbocycles. The van der Waals surface area contributed by atoms with Crippen LogP contribution in [-0.2, 0) is 4.79 Å². The molecule has 0 aromatic heterocycles. The van der Waals surface area contributed by atoms with Crippen LogP contribution in [0.3, 0.4) is 0 Å². The van der Waals surface area contributed by atoms with Crippen LogP contribution in [-0.4, -0.2) is 11.4 Å². The smallest absolute Gasteiger partial charge is 0.142 e. The molecule has 0 unspecified atom stereocenters. The molecule has 2 nitrogen and oxygen atoms in total. The molecule has 1 rings (SSSR count). The molecule has 0 spiro atoms. The number of carbonyl (C=O) groups is 1. The number of aromatic hydroxyl groups is 1. The molecule has 0 heterocycles. The molecule has 1 aromatic carbocycles. The Labute approximate surface area is 85.4 Å². The third kappa shape index (κ3) is 2.47. The number of benzene rings is 1. The maximum absolute atomic E-state index is 10.0. The van der Waals surface area contributed by atoms with Crippen LogP contribution in [0.2, 0.25) is 10.0 Å². The normalized spacial score (nSPS) is 10.6. The summed E-state index contributed by atoms with van der Waals surface area (Å²) in [5, 5.41) is 9.97. The monoisotopic (exact) mass is 216 g/mol. The van der Waals surface area contributed by atoms with Crippen LogP contribution in [0.15, 0.2) is 18.2 Å². The standard InChI is InChI=1S/C9H6Cl2O2/c10-7-4-6(2-1-3-12)9(13)8(11)5-7/h1-5,13H/b2-1+. The van der Waals surface area contributed by atoms with E-state index in [1.165, 1.54) is 24.3 Å². The van der Waals surface area contributed by atoms with Crippen LogP contribution in [0.25, 0.3) is 6.08 Å².